The predicted octanol–water partition coefficient (Wildman–Crippen LogP) is 2.38. The van der Waals surface area contributed by atoms with Gasteiger partial charge in [0.05, 0.1) is 0 Å². The van der Waals surface area contributed by atoms with Crippen LogP contribution in [0, 0.1) is 6.92 Å². The molecule has 4 heteroatoms. The molecule has 1 aromatic heterocycles. The van der Waals surface area contributed by atoms with Crippen LogP contribution in [0.3, 0.4) is 0 Å². The molecule has 0 bridgehead atoms. The smallest absolute Gasteiger partial charge is 0.197 e. The van der Waals surface area contributed by atoms with Gasteiger partial charge in [-0.15, -0.1) is 0 Å². The molecule has 1 N–H and O–H groups in total. The fraction of sp³-hybridized carbons (Fsp3) is 0.462. The number of hydrogen-bond acceptors (Lipinski definition) is 4. The van der Waals surface area contributed by atoms with Gasteiger partial charge in [0, 0.05) is 30.5 Å². The number of fused-ring (bicyclic) bond motifs is 1. The van der Waals surface area contributed by atoms with Crippen LogP contribution in [0.2, 0.25) is 0 Å². The van der Waals surface area contributed by atoms with Crippen LogP contribution in [0.1, 0.15) is 11.5 Å². The second-order valence-corrected chi connectivity index (χ2v) is 5.61. The summed E-state index contributed by atoms with van der Waals surface area (Å²) in [6, 6.07) is 6.60. The first kappa shape index (κ1) is 11.1. The van der Waals surface area contributed by atoms with Gasteiger partial charge >= 0.3 is 0 Å². The van der Waals surface area contributed by atoms with Gasteiger partial charge in [-0.05, 0) is 18.6 Å². The van der Waals surface area contributed by atoms with Crippen LogP contribution >= 0.6 is 11.8 Å². The minimum absolute atomic E-state index is 0.502. The minimum atomic E-state index is 0.502. The summed E-state index contributed by atoms with van der Waals surface area (Å²) in [6.45, 7) is 3.15. The Hall–Kier alpha value is -1.00. The number of oxazole rings is 1. The maximum atomic E-state index is 5.84. The maximum absolute atomic E-state index is 5.84. The molecule has 2 heterocycles. The summed E-state index contributed by atoms with van der Waals surface area (Å²) < 4.78 is 5.84. The zero-order valence-corrected chi connectivity index (χ0v) is 10.7. The van der Waals surface area contributed by atoms with Crippen LogP contribution in [-0.4, -0.2) is 29.1 Å². The Balaban J connectivity index is 1.83. The summed E-state index contributed by atoms with van der Waals surface area (Å²) in [5.41, 5.74) is 3.07. The quantitative estimate of drug-likeness (QED) is 0.885. The molecule has 2 aromatic rings. The first-order valence-corrected chi connectivity index (χ1v) is 7.14. The van der Waals surface area contributed by atoms with Gasteiger partial charge in [-0.25, -0.2) is 4.98 Å². The number of benzene rings is 1. The Morgan fingerprint density at radius 3 is 3.24 bits per heavy atom. The highest BCUT2D eigenvalue weighted by Gasteiger charge is 2.17. The van der Waals surface area contributed by atoms with Crippen LogP contribution in [0.25, 0.3) is 11.1 Å². The van der Waals surface area contributed by atoms with Gasteiger partial charge in [0.1, 0.15) is 5.52 Å². The third-order valence-corrected chi connectivity index (χ3v) is 4.21. The first-order valence-electron chi connectivity index (χ1n) is 5.99. The number of thioether (sulfide) groups is 1. The molecule has 0 radical (unpaired) electrons. The van der Waals surface area contributed by atoms with Crippen molar-refractivity contribution in [2.75, 3.05) is 18.1 Å². The van der Waals surface area contributed by atoms with Crippen LogP contribution in [-0.2, 0) is 6.42 Å². The van der Waals surface area contributed by atoms with Crippen molar-refractivity contribution in [1.29, 1.82) is 0 Å². The molecule has 17 heavy (non-hydrogen) atoms. The fourth-order valence-corrected chi connectivity index (χ4v) is 3.13. The summed E-state index contributed by atoms with van der Waals surface area (Å²) in [5.74, 6) is 3.22. The Morgan fingerprint density at radius 1 is 1.53 bits per heavy atom. The zero-order chi connectivity index (χ0) is 11.7. The summed E-state index contributed by atoms with van der Waals surface area (Å²) in [4.78, 5) is 4.55. The van der Waals surface area contributed by atoms with Crippen molar-refractivity contribution in [3.8, 4) is 0 Å². The van der Waals surface area contributed by atoms with Crippen molar-refractivity contribution >= 4 is 22.9 Å². The lowest BCUT2D eigenvalue weighted by Crippen LogP contribution is -2.38. The molecule has 0 saturated carbocycles. The van der Waals surface area contributed by atoms with E-state index in [1.54, 1.807) is 0 Å². The van der Waals surface area contributed by atoms with Crippen molar-refractivity contribution in [2.24, 2.45) is 0 Å². The highest BCUT2D eigenvalue weighted by atomic mass is 32.2. The SMILES string of the molecule is Cc1cccc2nc(CC3CSCCN3)oc12. The fourth-order valence-electron chi connectivity index (χ4n) is 2.18. The number of rotatable bonds is 2. The Labute approximate surface area is 105 Å². The molecule has 0 aliphatic carbocycles. The average molecular weight is 248 g/mol. The molecule has 0 spiro atoms. The van der Waals surface area contributed by atoms with Crippen molar-refractivity contribution in [1.82, 2.24) is 10.3 Å². The normalized spacial score (nSPS) is 20.9. The standard InChI is InChI=1S/C13H16N2OS/c1-9-3-2-4-11-13(9)16-12(15-11)7-10-8-17-6-5-14-10/h2-4,10,14H,5-8H2,1H3. The lowest BCUT2D eigenvalue weighted by atomic mass is 10.2. The van der Waals surface area contributed by atoms with Crippen LogP contribution in [0.4, 0.5) is 0 Å². The van der Waals surface area contributed by atoms with E-state index in [1.807, 2.05) is 23.9 Å². The zero-order valence-electron chi connectivity index (χ0n) is 9.90. The van der Waals surface area contributed by atoms with Crippen molar-refractivity contribution < 1.29 is 4.42 Å². The number of aromatic nitrogens is 1. The second-order valence-electron chi connectivity index (χ2n) is 4.46. The Morgan fingerprint density at radius 2 is 2.47 bits per heavy atom. The van der Waals surface area contributed by atoms with Gasteiger partial charge in [-0.1, -0.05) is 12.1 Å². The molecular formula is C13H16N2OS. The first-order chi connectivity index (χ1) is 8.33. The van der Waals surface area contributed by atoms with Gasteiger partial charge in [0.25, 0.3) is 0 Å². The molecule has 90 valence electrons. The molecule has 1 fully saturated rings. The van der Waals surface area contributed by atoms with Crippen LogP contribution in [0.15, 0.2) is 22.6 Å². The van der Waals surface area contributed by atoms with Crippen LogP contribution < -0.4 is 5.32 Å². The van der Waals surface area contributed by atoms with E-state index < -0.39 is 0 Å². The third-order valence-electron chi connectivity index (χ3n) is 3.08. The summed E-state index contributed by atoms with van der Waals surface area (Å²) in [5, 5.41) is 3.51. The van der Waals surface area contributed by atoms with Gasteiger partial charge in [0.2, 0.25) is 0 Å². The van der Waals surface area contributed by atoms with Gasteiger partial charge < -0.3 is 9.73 Å². The average Bonchev–Trinajstić information content (AvgIpc) is 2.74. The lowest BCUT2D eigenvalue weighted by molar-refractivity contribution is 0.468. The molecule has 1 atom stereocenters. The highest BCUT2D eigenvalue weighted by Crippen LogP contribution is 2.21. The van der Waals surface area contributed by atoms with Gasteiger partial charge in [-0.2, -0.15) is 11.8 Å². The highest BCUT2D eigenvalue weighted by molar-refractivity contribution is 7.99. The molecule has 3 rings (SSSR count). The van der Waals surface area contributed by atoms with Crippen molar-refractivity contribution in [2.45, 2.75) is 19.4 Å². The van der Waals surface area contributed by atoms with Gasteiger partial charge in [0.15, 0.2) is 11.5 Å². The van der Waals surface area contributed by atoms with Crippen molar-refractivity contribution in [3.05, 3.63) is 29.7 Å². The molecule has 0 amide bonds. The van der Waals surface area contributed by atoms with E-state index in [4.69, 9.17) is 4.42 Å². The number of nitrogens with one attached hydrogen (secondary N) is 1. The lowest BCUT2D eigenvalue weighted by Gasteiger charge is -2.21. The van der Waals surface area contributed by atoms with Crippen LogP contribution in [0.5, 0.6) is 0 Å². The number of nitrogens with zero attached hydrogens (tertiary/aromatic N) is 1. The van der Waals surface area contributed by atoms with Crippen molar-refractivity contribution in [3.63, 3.8) is 0 Å². The number of aryl methyl sites for hydroxylation is 1. The maximum Gasteiger partial charge on any atom is 0.197 e. The molecule has 1 saturated heterocycles. The molecule has 3 nitrogen and oxygen atoms in total. The second kappa shape index (κ2) is 4.70. The van der Waals surface area contributed by atoms with E-state index >= 15 is 0 Å². The predicted molar refractivity (Wildman–Crippen MR) is 71.6 cm³/mol. The third kappa shape index (κ3) is 2.33. The van der Waals surface area contributed by atoms with Gasteiger partial charge in [-0.3, -0.25) is 0 Å². The van der Waals surface area contributed by atoms with E-state index in [9.17, 15) is 0 Å². The van der Waals surface area contributed by atoms with E-state index in [2.05, 4.69) is 23.3 Å². The molecule has 1 aromatic carbocycles. The topological polar surface area (TPSA) is 38.1 Å². The Bertz CT molecular complexity index is 517. The van der Waals surface area contributed by atoms with E-state index in [0.717, 1.165) is 41.3 Å². The molecule has 1 unspecified atom stereocenters. The summed E-state index contributed by atoms with van der Waals surface area (Å²) in [6.07, 6.45) is 0.890. The largest absolute Gasteiger partial charge is 0.440 e. The molecule has 1 aliphatic rings. The summed E-state index contributed by atoms with van der Waals surface area (Å²) in [7, 11) is 0. The monoisotopic (exact) mass is 248 g/mol. The Kier molecular flexibility index (Phi) is 3.07. The summed E-state index contributed by atoms with van der Waals surface area (Å²) >= 11 is 2.00. The molecular weight excluding hydrogens is 232 g/mol. The van der Waals surface area contributed by atoms with E-state index in [-0.39, 0.29) is 0 Å². The van der Waals surface area contributed by atoms with E-state index in [0.29, 0.717) is 6.04 Å². The van der Waals surface area contributed by atoms with E-state index in [1.165, 1.54) is 5.75 Å². The minimum Gasteiger partial charge on any atom is -0.440 e. The number of para-hydroxylation sites is 1. The number of hydrogen-bond donors (Lipinski definition) is 1. The molecule has 1 aliphatic heterocycles.